The minimum atomic E-state index is -1.18. The van der Waals surface area contributed by atoms with Crippen LogP contribution in [0.3, 0.4) is 0 Å². The molecular weight excluding hydrogens is 1010 g/mol. The molecule has 3 amide bonds. The van der Waals surface area contributed by atoms with Gasteiger partial charge < -0.3 is 54.0 Å². The number of nitrogens with zero attached hydrogens (tertiary/aromatic N) is 14. The number of carbonyl (C=O) groups excluding carboxylic acids is 3. The number of hydrogen-bond donors (Lipinski definition) is 1. The Morgan fingerprint density at radius 2 is 1.02 bits per heavy atom. The summed E-state index contributed by atoms with van der Waals surface area (Å²) in [5.41, 5.74) is 8.24. The molecule has 0 saturated carbocycles. The van der Waals surface area contributed by atoms with Gasteiger partial charge in [-0.25, -0.2) is 37.9 Å². The van der Waals surface area contributed by atoms with Crippen LogP contribution in [0.15, 0.2) is 98.1 Å². The van der Waals surface area contributed by atoms with Gasteiger partial charge in [-0.05, 0) is 79.9 Å². The van der Waals surface area contributed by atoms with Crippen molar-refractivity contribution in [3.63, 3.8) is 0 Å². The van der Waals surface area contributed by atoms with Crippen molar-refractivity contribution in [1.82, 2.24) is 39.5 Å². The second kappa shape index (κ2) is 23.6. The van der Waals surface area contributed by atoms with Gasteiger partial charge >= 0.3 is 5.97 Å². The quantitative estimate of drug-likeness (QED) is 0.119. The van der Waals surface area contributed by atoms with E-state index in [0.717, 1.165) is 66.3 Å². The Bertz CT molecular complexity index is 3500. The highest BCUT2D eigenvalue weighted by atomic mass is 16.4. The van der Waals surface area contributed by atoms with Crippen LogP contribution in [0.2, 0.25) is 0 Å². The number of hydrogen-bond acceptors (Lipinski definition) is 13. The molecule has 6 aromatic rings. The molecule has 0 spiro atoms. The summed E-state index contributed by atoms with van der Waals surface area (Å²) in [6.45, 7) is 35.0. The molecule has 1 N–H and O–H groups in total. The van der Waals surface area contributed by atoms with E-state index < -0.39 is 5.97 Å². The fourth-order valence-corrected chi connectivity index (χ4v) is 12.1. The summed E-state index contributed by atoms with van der Waals surface area (Å²) < 4.78 is 0. The third-order valence-electron chi connectivity index (χ3n) is 16.2. The predicted octanol–water partition coefficient (Wildman–Crippen LogP) is 6.33. The van der Waals surface area contributed by atoms with Crippen molar-refractivity contribution >= 4 is 68.2 Å². The minimum Gasteiger partial charge on any atom is -0.475 e. The van der Waals surface area contributed by atoms with E-state index in [1.54, 1.807) is 9.80 Å². The van der Waals surface area contributed by atoms with Crippen molar-refractivity contribution in [3.8, 4) is 0 Å². The molecule has 5 aliphatic rings. The topological polar surface area (TPSA) is 175 Å². The van der Waals surface area contributed by atoms with Crippen LogP contribution in [0.1, 0.15) is 54.9 Å². The van der Waals surface area contributed by atoms with Crippen LogP contribution in [0, 0.1) is 27.0 Å². The second-order valence-corrected chi connectivity index (χ2v) is 21.1. The molecule has 3 fully saturated rings. The maximum Gasteiger partial charge on any atom is 0.374 e. The van der Waals surface area contributed by atoms with Crippen LogP contribution in [0.4, 0.5) is 23.0 Å². The number of amides is 3. The Morgan fingerprint density at radius 3 is 1.46 bits per heavy atom. The minimum absolute atomic E-state index is 0.145. The zero-order valence-electron chi connectivity index (χ0n) is 45.7. The largest absolute Gasteiger partial charge is 0.475 e. The van der Waals surface area contributed by atoms with Gasteiger partial charge in [0.25, 0.3) is 5.91 Å². The highest BCUT2D eigenvalue weighted by Crippen LogP contribution is 2.37. The van der Waals surface area contributed by atoms with E-state index in [4.69, 9.17) is 23.1 Å². The van der Waals surface area contributed by atoms with E-state index in [1.807, 2.05) is 15.9 Å². The standard InChI is InChI=1S/C33H38N8O2.C28H28N6O3/c1-5-29(42)41-19-18-40(21-25(41)20-34-3)32-26-12-13-39(28-11-7-10-24-9-6-8-23(2)30(24)28)22-27(26)35-31(36-32)33(43)38-16-14-37(4)15-17-38;1-4-24(35)34-14-13-33(16-20(34)15-29-3)27-21-11-12-32(17-22(21)30-26(31-27)28(36)37)23-10-6-9-19-8-5-7-18(2)25(19)23/h5-11,25H,1,12-22H2,2,4H3;4-10,20H,1,11-17H2,2H3,(H,36,37)/t25-;20-/m00/s1. The number of fused-ring (bicyclic) bond motifs is 4. The van der Waals surface area contributed by atoms with E-state index in [1.165, 1.54) is 45.1 Å². The number of benzene rings is 4. The van der Waals surface area contributed by atoms with Crippen molar-refractivity contribution in [1.29, 1.82) is 0 Å². The number of rotatable bonds is 10. The molecule has 0 bridgehead atoms. The van der Waals surface area contributed by atoms with Gasteiger partial charge in [-0.15, -0.1) is 0 Å². The summed E-state index contributed by atoms with van der Waals surface area (Å²) in [7, 11) is 2.06. The molecule has 4 aromatic carbocycles. The Kier molecular flexibility index (Phi) is 16.0. The SMILES string of the molecule is [C-]#[N+]C[C@H]1CN(c2nc(C(=O)N3CCN(C)CC3)nc3c2CCN(c2cccc4cccc(C)c24)C3)CCN1C(=O)C=C.[C-]#[N+]C[C@H]1CN(c2nc(C(=O)O)nc3c2CCN(c2cccc4cccc(C)c24)C3)CCN1C(=O)C=C. The molecule has 2 aromatic heterocycles. The fraction of sp³-hybridized carbons (Fsp3) is 0.377. The van der Waals surface area contributed by atoms with Gasteiger partial charge in [-0.1, -0.05) is 73.8 Å². The molecule has 11 rings (SSSR count). The molecule has 2 atom stereocenters. The lowest BCUT2D eigenvalue weighted by atomic mass is 9.99. The summed E-state index contributed by atoms with van der Waals surface area (Å²) in [6.07, 6.45) is 3.97. The molecule has 3 saturated heterocycles. The van der Waals surface area contributed by atoms with Gasteiger partial charge in [0.05, 0.1) is 24.5 Å². The van der Waals surface area contributed by atoms with E-state index >= 15 is 0 Å². The van der Waals surface area contributed by atoms with E-state index in [-0.39, 0.29) is 54.5 Å². The summed E-state index contributed by atoms with van der Waals surface area (Å²) in [4.78, 5) is 92.8. The Hall–Kier alpha value is -8.94. The normalized spacial score (nSPS) is 18.3. The first-order valence-corrected chi connectivity index (χ1v) is 27.3. The lowest BCUT2D eigenvalue weighted by molar-refractivity contribution is -0.129. The molecule has 0 aliphatic carbocycles. The molecule has 19 heteroatoms. The van der Waals surface area contributed by atoms with Gasteiger partial charge in [-0.2, -0.15) is 0 Å². The second-order valence-electron chi connectivity index (χ2n) is 21.1. The number of carboxylic acid groups (broad SMARTS) is 1. The third kappa shape index (κ3) is 10.9. The maximum atomic E-state index is 13.8. The number of aromatic nitrogens is 4. The van der Waals surface area contributed by atoms with Crippen molar-refractivity contribution in [2.24, 2.45) is 0 Å². The highest BCUT2D eigenvalue weighted by Gasteiger charge is 2.38. The van der Waals surface area contributed by atoms with Gasteiger partial charge in [0.2, 0.25) is 36.6 Å². The van der Waals surface area contributed by atoms with Crippen LogP contribution in [-0.4, -0.2) is 179 Å². The van der Waals surface area contributed by atoms with Crippen LogP contribution in [0.25, 0.3) is 31.2 Å². The smallest absolute Gasteiger partial charge is 0.374 e. The molecule has 0 radical (unpaired) electrons. The highest BCUT2D eigenvalue weighted by molar-refractivity contribution is 5.98. The zero-order valence-corrected chi connectivity index (χ0v) is 45.7. The summed E-state index contributed by atoms with van der Waals surface area (Å²) in [6, 6.07) is 24.7. The lowest BCUT2D eigenvalue weighted by Gasteiger charge is -2.41. The molecule has 0 unspecified atom stereocenters. The number of piperazine rings is 3. The van der Waals surface area contributed by atoms with Crippen LogP contribution in [0.5, 0.6) is 0 Å². The Labute approximate surface area is 466 Å². The molecule has 80 heavy (non-hydrogen) atoms. The molecular formula is C61H66N14O5. The van der Waals surface area contributed by atoms with Crippen LogP contribution >= 0.6 is 0 Å². The van der Waals surface area contributed by atoms with Gasteiger partial charge in [0.1, 0.15) is 23.7 Å². The van der Waals surface area contributed by atoms with Crippen molar-refractivity contribution < 1.29 is 24.3 Å². The number of aryl methyl sites for hydroxylation is 2. The number of aromatic carboxylic acids is 1. The number of carbonyl (C=O) groups is 4. The Balaban J connectivity index is 0.000000182. The van der Waals surface area contributed by atoms with Crippen molar-refractivity contribution in [2.45, 2.75) is 51.9 Å². The monoisotopic (exact) mass is 1070 g/mol. The first kappa shape index (κ1) is 54.4. The van der Waals surface area contributed by atoms with Gasteiger partial charge in [-0.3, -0.25) is 14.4 Å². The summed E-state index contributed by atoms with van der Waals surface area (Å²) >= 11 is 0. The van der Waals surface area contributed by atoms with Gasteiger partial charge in [0, 0.05) is 112 Å². The molecule has 5 aliphatic heterocycles. The van der Waals surface area contributed by atoms with Gasteiger partial charge in [0.15, 0.2) is 0 Å². The average molecular weight is 1080 g/mol. The number of anilines is 4. The van der Waals surface area contributed by atoms with Crippen LogP contribution < -0.4 is 19.6 Å². The van der Waals surface area contributed by atoms with Crippen molar-refractivity contribution in [2.75, 3.05) is 118 Å². The van der Waals surface area contributed by atoms with Crippen LogP contribution in [-0.2, 0) is 35.5 Å². The van der Waals surface area contributed by atoms with E-state index in [2.05, 4.69) is 140 Å². The predicted molar refractivity (Wildman–Crippen MR) is 310 cm³/mol. The van der Waals surface area contributed by atoms with Crippen molar-refractivity contribution in [3.05, 3.63) is 166 Å². The first-order valence-electron chi connectivity index (χ1n) is 27.3. The first-order chi connectivity index (χ1) is 38.8. The maximum absolute atomic E-state index is 13.8. The summed E-state index contributed by atoms with van der Waals surface area (Å²) in [5.74, 6) is -0.352. The zero-order chi connectivity index (χ0) is 56.2. The molecule has 19 nitrogen and oxygen atoms in total. The number of likely N-dealkylation sites (N-methyl/N-ethyl adjacent to an activating group) is 1. The van der Waals surface area contributed by atoms with E-state index in [0.29, 0.717) is 83.4 Å². The third-order valence-corrected chi connectivity index (χ3v) is 16.2. The molecule has 7 heterocycles. The van der Waals surface area contributed by atoms with E-state index in [9.17, 15) is 24.3 Å². The summed E-state index contributed by atoms with van der Waals surface area (Å²) in [5, 5.41) is 14.6. The average Bonchev–Trinajstić information content (AvgIpc) is 3.58. The lowest BCUT2D eigenvalue weighted by Crippen LogP contribution is -2.56. The number of carboxylic acids is 1. The Morgan fingerprint density at radius 1 is 0.588 bits per heavy atom. The molecule has 410 valence electrons. The fourth-order valence-electron chi connectivity index (χ4n) is 12.1.